The third-order valence-corrected chi connectivity index (χ3v) is 5.46. The van der Waals surface area contributed by atoms with Gasteiger partial charge >= 0.3 is 0 Å². The molecule has 0 fully saturated rings. The van der Waals surface area contributed by atoms with Crippen molar-refractivity contribution >= 4 is 17.0 Å². The highest BCUT2D eigenvalue weighted by Gasteiger charge is 2.39. The van der Waals surface area contributed by atoms with Gasteiger partial charge in [0, 0.05) is 41.4 Å². The van der Waals surface area contributed by atoms with Crippen LogP contribution >= 0.6 is 0 Å². The van der Waals surface area contributed by atoms with E-state index in [9.17, 15) is 0 Å². The lowest BCUT2D eigenvalue weighted by Gasteiger charge is -2.37. The van der Waals surface area contributed by atoms with Crippen LogP contribution in [0.1, 0.15) is 19.5 Å². The second-order valence-corrected chi connectivity index (χ2v) is 8.02. The van der Waals surface area contributed by atoms with Gasteiger partial charge in [-0.3, -0.25) is 0 Å². The van der Waals surface area contributed by atoms with Crippen LogP contribution in [0, 0.1) is 16.2 Å². The molecule has 0 radical (unpaired) electrons. The molecule has 2 aromatic rings. The molecule has 0 amide bonds. The molecular formula is C22H23ClN2O4. The summed E-state index contributed by atoms with van der Waals surface area (Å²) in [7, 11) is -2.81. The third kappa shape index (κ3) is 4.75. The second kappa shape index (κ2) is 8.10. The fourth-order valence-corrected chi connectivity index (χ4v) is 3.69. The summed E-state index contributed by atoms with van der Waals surface area (Å²) in [4.78, 5) is 2.37. The molecule has 29 heavy (non-hydrogen) atoms. The molecule has 0 saturated heterocycles. The van der Waals surface area contributed by atoms with Gasteiger partial charge in [-0.25, -0.2) is 18.6 Å². The number of halogens is 1. The first kappa shape index (κ1) is 21.2. The Hall–Kier alpha value is -2.48. The van der Waals surface area contributed by atoms with Crippen molar-refractivity contribution in [1.82, 2.24) is 4.90 Å². The number of nitrogens with zero attached hydrogens (tertiary/aromatic N) is 2. The van der Waals surface area contributed by atoms with E-state index in [1.54, 1.807) is 0 Å². The molecule has 0 aliphatic carbocycles. The Kier molecular flexibility index (Phi) is 5.93. The number of allylic oxidation sites excluding steroid dienone is 3. The summed E-state index contributed by atoms with van der Waals surface area (Å²) in [6.07, 6.45) is 15.5. The molecule has 2 aliphatic rings. The molecule has 4 rings (SSSR count). The molecule has 0 bridgehead atoms. The van der Waals surface area contributed by atoms with Crippen molar-refractivity contribution in [2.45, 2.75) is 19.4 Å². The molecular weight excluding hydrogens is 392 g/mol. The van der Waals surface area contributed by atoms with Crippen LogP contribution in [0.3, 0.4) is 0 Å². The van der Waals surface area contributed by atoms with E-state index in [0.29, 0.717) is 5.92 Å². The van der Waals surface area contributed by atoms with E-state index in [0.717, 1.165) is 0 Å². The van der Waals surface area contributed by atoms with E-state index in [4.69, 9.17) is 18.6 Å². The highest BCUT2D eigenvalue weighted by atomic mass is 35.7. The first-order valence-corrected chi connectivity index (χ1v) is 10.4. The number of para-hydroxylation sites is 1. The Balaban J connectivity index is 0.000000431. The van der Waals surface area contributed by atoms with Gasteiger partial charge in [-0.1, -0.05) is 37.3 Å². The van der Waals surface area contributed by atoms with Gasteiger partial charge in [0.2, 0.25) is 11.2 Å². The van der Waals surface area contributed by atoms with Gasteiger partial charge in [0.1, 0.15) is 7.05 Å². The Morgan fingerprint density at radius 2 is 1.76 bits per heavy atom. The maximum Gasteiger partial charge on any atom is 0.212 e. The normalized spacial score (nSPS) is 23.2. The topological polar surface area (TPSA) is 99.4 Å². The molecule has 2 atom stereocenters. The summed E-state index contributed by atoms with van der Waals surface area (Å²) in [5.74, 6) is 0.460. The number of hydrogen-bond acceptors (Lipinski definition) is 5. The number of hydrogen-bond donors (Lipinski definition) is 0. The molecule has 1 aromatic carbocycles. The number of rotatable bonds is 2. The molecule has 1 aromatic heterocycles. The van der Waals surface area contributed by atoms with Crippen molar-refractivity contribution in [3.63, 3.8) is 0 Å². The zero-order valence-electron chi connectivity index (χ0n) is 16.5. The number of benzene rings is 1. The van der Waals surface area contributed by atoms with Crippen molar-refractivity contribution < 1.29 is 33.4 Å². The van der Waals surface area contributed by atoms with Crippen LogP contribution in [-0.2, 0) is 7.05 Å². The number of aryl methyl sites for hydroxylation is 1. The molecule has 3 heterocycles. The Bertz CT molecular complexity index is 1020. The lowest BCUT2D eigenvalue weighted by atomic mass is 9.88. The Morgan fingerprint density at radius 1 is 1.07 bits per heavy atom. The summed E-state index contributed by atoms with van der Waals surface area (Å²) < 4.78 is 36.2. The first-order chi connectivity index (χ1) is 13.6. The minimum Gasteiger partial charge on any atom is -0.338 e. The predicted molar refractivity (Wildman–Crippen MR) is 99.9 cm³/mol. The van der Waals surface area contributed by atoms with E-state index in [2.05, 4.69) is 109 Å². The maximum atomic E-state index is 8.49. The zero-order chi connectivity index (χ0) is 21.2. The molecule has 0 spiro atoms. The van der Waals surface area contributed by atoms with E-state index in [-0.39, 0.29) is 5.54 Å². The highest BCUT2D eigenvalue weighted by Crippen LogP contribution is 2.40. The van der Waals surface area contributed by atoms with Crippen LogP contribution in [-0.4, -0.2) is 10.4 Å². The van der Waals surface area contributed by atoms with Gasteiger partial charge in [-0.2, -0.15) is 4.57 Å². The monoisotopic (exact) mass is 414 g/mol. The number of pyridine rings is 1. The lowest BCUT2D eigenvalue weighted by molar-refractivity contribution is -2.00. The van der Waals surface area contributed by atoms with Gasteiger partial charge in [0.05, 0.1) is 5.54 Å². The van der Waals surface area contributed by atoms with Crippen LogP contribution in [0.5, 0.6) is 0 Å². The maximum absolute atomic E-state index is 8.49. The van der Waals surface area contributed by atoms with Crippen molar-refractivity contribution in [3.05, 3.63) is 84.4 Å². The molecule has 2 unspecified atom stereocenters. The zero-order valence-corrected chi connectivity index (χ0v) is 17.2. The fraction of sp³-hybridized carbons (Fsp3) is 0.227. The van der Waals surface area contributed by atoms with E-state index < -0.39 is 10.2 Å². The molecule has 7 heteroatoms. The summed E-state index contributed by atoms with van der Waals surface area (Å²) in [6.45, 7) is 4.60. The summed E-state index contributed by atoms with van der Waals surface area (Å²) >= 11 is 0. The van der Waals surface area contributed by atoms with Gasteiger partial charge in [-0.15, -0.1) is 10.2 Å². The lowest BCUT2D eigenvalue weighted by Crippen LogP contribution is -2.68. The summed E-state index contributed by atoms with van der Waals surface area (Å²) in [5, 5.41) is 1.27. The van der Waals surface area contributed by atoms with Gasteiger partial charge < -0.3 is 4.90 Å². The minimum atomic E-state index is -4.94. The standard InChI is InChI=1S/C22H23N2.ClHO4/c1-17-16-20-9-6-7-15-24(20)22(17,2)14-13-19-12-11-18-8-4-5-10-21(18)23(19)3;2-1(3,4)5/h4-17H,1-3H3;(H,2,3,4,5)/q+1;/p-1/b14-13+;. The SMILES string of the molecule is CC1C=C2C=CC=CN2C1(C)/C=C/c1ccc2ccccc2[n+]1C.[O-][Cl+3]([O-])([O-])[O-]. The molecule has 2 aliphatic heterocycles. The van der Waals surface area contributed by atoms with Crippen molar-refractivity contribution in [1.29, 1.82) is 0 Å². The summed E-state index contributed by atoms with van der Waals surface area (Å²) in [6, 6.07) is 12.9. The van der Waals surface area contributed by atoms with Gasteiger partial charge in [-0.05, 0) is 31.2 Å². The van der Waals surface area contributed by atoms with Crippen molar-refractivity contribution in [2.24, 2.45) is 13.0 Å². The molecule has 6 nitrogen and oxygen atoms in total. The number of aromatic nitrogens is 1. The Morgan fingerprint density at radius 3 is 2.48 bits per heavy atom. The number of fused-ring (bicyclic) bond motifs is 2. The van der Waals surface area contributed by atoms with Crippen LogP contribution < -0.4 is 23.2 Å². The smallest absolute Gasteiger partial charge is 0.212 e. The van der Waals surface area contributed by atoms with E-state index >= 15 is 0 Å². The molecule has 152 valence electrons. The highest BCUT2D eigenvalue weighted by molar-refractivity contribution is 5.76. The Labute approximate surface area is 172 Å². The largest absolute Gasteiger partial charge is 0.338 e. The molecule has 0 N–H and O–H groups in total. The van der Waals surface area contributed by atoms with Crippen molar-refractivity contribution in [3.8, 4) is 0 Å². The molecule has 0 saturated carbocycles. The van der Waals surface area contributed by atoms with Crippen LogP contribution in [0.4, 0.5) is 0 Å². The van der Waals surface area contributed by atoms with Crippen LogP contribution in [0.25, 0.3) is 17.0 Å². The average Bonchev–Trinajstić information content (AvgIpc) is 2.91. The summed E-state index contributed by atoms with van der Waals surface area (Å²) in [5.41, 5.74) is 3.73. The first-order valence-electron chi connectivity index (χ1n) is 9.14. The predicted octanol–water partition coefficient (Wildman–Crippen LogP) is -0.401. The van der Waals surface area contributed by atoms with Crippen molar-refractivity contribution in [2.75, 3.05) is 0 Å². The third-order valence-electron chi connectivity index (χ3n) is 5.46. The average molecular weight is 415 g/mol. The quantitative estimate of drug-likeness (QED) is 0.622. The minimum absolute atomic E-state index is 0.0325. The van der Waals surface area contributed by atoms with E-state index in [1.807, 2.05) is 0 Å². The van der Waals surface area contributed by atoms with Gasteiger partial charge in [0.15, 0.2) is 0 Å². The van der Waals surface area contributed by atoms with Crippen LogP contribution in [0.2, 0.25) is 0 Å². The van der Waals surface area contributed by atoms with E-state index in [1.165, 1.54) is 22.3 Å². The van der Waals surface area contributed by atoms with Crippen LogP contribution in [0.15, 0.2) is 78.7 Å². The van der Waals surface area contributed by atoms with Gasteiger partial charge in [0.25, 0.3) is 0 Å². The fourth-order valence-electron chi connectivity index (χ4n) is 3.69. The second-order valence-electron chi connectivity index (χ2n) is 7.26.